The highest BCUT2D eigenvalue weighted by Gasteiger charge is 2.61. The molecule has 0 unspecified atom stereocenters. The zero-order valence-electron chi connectivity index (χ0n) is 17.7. The molecule has 2 fully saturated rings. The third kappa shape index (κ3) is 3.56. The summed E-state index contributed by atoms with van der Waals surface area (Å²) in [5, 5.41) is 24.2. The number of carbonyl (C=O) groups is 2. The molecule has 0 spiro atoms. The van der Waals surface area contributed by atoms with Gasteiger partial charge < -0.3 is 0 Å². The number of para-hydroxylation sites is 1. The minimum absolute atomic E-state index is 0.0959. The summed E-state index contributed by atoms with van der Waals surface area (Å²) in [6.07, 6.45) is -1.35. The Morgan fingerprint density at radius 2 is 1.54 bits per heavy atom. The van der Waals surface area contributed by atoms with Gasteiger partial charge in [0.2, 0.25) is 5.91 Å². The zero-order chi connectivity index (χ0) is 24.9. The first-order chi connectivity index (χ1) is 16.8. The molecule has 35 heavy (non-hydrogen) atoms. The predicted octanol–water partition coefficient (Wildman–Crippen LogP) is 3.69. The number of anilines is 2. The van der Waals surface area contributed by atoms with Gasteiger partial charge in [-0.05, 0) is 36.4 Å². The molecule has 2 aliphatic rings. The molecule has 0 radical (unpaired) electrons. The Kier molecular flexibility index (Phi) is 5.21. The van der Waals surface area contributed by atoms with E-state index in [1.165, 1.54) is 54.6 Å². The molecule has 11 nitrogen and oxygen atoms in total. The Labute approximate surface area is 196 Å². The fourth-order valence-electron chi connectivity index (χ4n) is 4.45. The van der Waals surface area contributed by atoms with Crippen molar-refractivity contribution in [1.29, 1.82) is 0 Å². The third-order valence-electron chi connectivity index (χ3n) is 5.95. The summed E-state index contributed by atoms with van der Waals surface area (Å²) in [4.78, 5) is 55.4. The van der Waals surface area contributed by atoms with E-state index in [1.807, 2.05) is 0 Å². The number of carbonyl (C=O) groups excluding carboxylic acids is 2. The minimum atomic E-state index is -1.35. The number of nitrogens with zero attached hydrogens (tertiary/aromatic N) is 4. The van der Waals surface area contributed by atoms with E-state index in [0.29, 0.717) is 0 Å². The molecule has 0 saturated carbocycles. The molecule has 12 heteroatoms. The number of nitro benzene ring substituents is 2. The number of fused-ring (bicyclic) bond motifs is 1. The van der Waals surface area contributed by atoms with Gasteiger partial charge in [-0.1, -0.05) is 18.2 Å². The molecule has 2 amide bonds. The van der Waals surface area contributed by atoms with Crippen molar-refractivity contribution in [2.24, 2.45) is 5.92 Å². The number of benzene rings is 3. The third-order valence-corrected chi connectivity index (χ3v) is 5.95. The highest BCUT2D eigenvalue weighted by atomic mass is 19.1. The molecule has 3 aromatic carbocycles. The van der Waals surface area contributed by atoms with Crippen LogP contribution in [-0.2, 0) is 14.4 Å². The molecule has 3 atom stereocenters. The standard InChI is InChI=1S/C23H15FN4O7/c24-13-8-10-14(11-9-13)25-22(29)19-20(17-6-1-2-7-18(17)28(33)34)26(35-21(19)23(25)30)15-4-3-5-16(12-15)27(31)32/h1-12,19-21H/t19-,20-,21+/m0/s1. The summed E-state index contributed by atoms with van der Waals surface area (Å²) in [6.45, 7) is 0. The van der Waals surface area contributed by atoms with E-state index in [-0.39, 0.29) is 28.3 Å². The number of rotatable bonds is 5. The lowest BCUT2D eigenvalue weighted by molar-refractivity contribution is -0.385. The van der Waals surface area contributed by atoms with E-state index in [9.17, 15) is 34.2 Å². The second-order valence-electron chi connectivity index (χ2n) is 7.90. The number of non-ortho nitro benzene ring substituents is 1. The van der Waals surface area contributed by atoms with E-state index in [4.69, 9.17) is 4.84 Å². The Morgan fingerprint density at radius 1 is 0.829 bits per heavy atom. The maximum absolute atomic E-state index is 13.5. The first-order valence-electron chi connectivity index (χ1n) is 10.3. The number of halogens is 1. The molecule has 0 aromatic heterocycles. The van der Waals surface area contributed by atoms with Crippen molar-refractivity contribution < 1.29 is 28.7 Å². The van der Waals surface area contributed by atoms with Crippen molar-refractivity contribution in [3.05, 3.63) is 104 Å². The number of hydroxylamine groups is 1. The van der Waals surface area contributed by atoms with Crippen LogP contribution in [0.1, 0.15) is 11.6 Å². The molecule has 176 valence electrons. The number of imide groups is 1. The summed E-state index contributed by atoms with van der Waals surface area (Å²) in [5.41, 5.74) is -0.209. The van der Waals surface area contributed by atoms with Crippen LogP contribution in [-0.4, -0.2) is 27.8 Å². The molecule has 2 saturated heterocycles. The summed E-state index contributed by atoms with van der Waals surface area (Å²) in [6, 6.07) is 14.6. The molecule has 3 aromatic rings. The molecule has 2 aliphatic heterocycles. The smallest absolute Gasteiger partial charge is 0.273 e. The van der Waals surface area contributed by atoms with Crippen LogP contribution in [0.25, 0.3) is 0 Å². The summed E-state index contributed by atoms with van der Waals surface area (Å²) in [7, 11) is 0. The first kappa shape index (κ1) is 22.1. The van der Waals surface area contributed by atoms with Gasteiger partial charge in [0.15, 0.2) is 6.10 Å². The number of hydrogen-bond donors (Lipinski definition) is 0. The molecule has 2 heterocycles. The predicted molar refractivity (Wildman–Crippen MR) is 119 cm³/mol. The molecule has 0 aliphatic carbocycles. The Hall–Kier alpha value is -4.71. The fraction of sp³-hybridized carbons (Fsp3) is 0.130. The molecule has 5 rings (SSSR count). The highest BCUT2D eigenvalue weighted by molar-refractivity contribution is 6.24. The van der Waals surface area contributed by atoms with Gasteiger partial charge in [0.25, 0.3) is 17.3 Å². The van der Waals surface area contributed by atoms with Gasteiger partial charge in [0, 0.05) is 18.2 Å². The van der Waals surface area contributed by atoms with Gasteiger partial charge in [-0.15, -0.1) is 0 Å². The number of amides is 2. The van der Waals surface area contributed by atoms with Crippen molar-refractivity contribution >= 4 is 34.6 Å². The summed E-state index contributed by atoms with van der Waals surface area (Å²) >= 11 is 0. The van der Waals surface area contributed by atoms with Gasteiger partial charge in [0.05, 0.1) is 26.8 Å². The van der Waals surface area contributed by atoms with Crippen molar-refractivity contribution in [1.82, 2.24) is 0 Å². The van der Waals surface area contributed by atoms with Gasteiger partial charge in [0.1, 0.15) is 17.8 Å². The Bertz CT molecular complexity index is 1380. The lowest BCUT2D eigenvalue weighted by Gasteiger charge is -2.28. The van der Waals surface area contributed by atoms with Gasteiger partial charge in [-0.3, -0.25) is 34.7 Å². The summed E-state index contributed by atoms with van der Waals surface area (Å²) < 4.78 is 13.4. The number of hydrogen-bond acceptors (Lipinski definition) is 8. The second-order valence-corrected chi connectivity index (χ2v) is 7.90. The van der Waals surface area contributed by atoms with Crippen LogP contribution in [0.3, 0.4) is 0 Å². The molecular weight excluding hydrogens is 463 g/mol. The van der Waals surface area contributed by atoms with Gasteiger partial charge in [-0.2, -0.15) is 0 Å². The topological polar surface area (TPSA) is 136 Å². The van der Waals surface area contributed by atoms with Gasteiger partial charge >= 0.3 is 0 Å². The maximum atomic E-state index is 13.5. The van der Waals surface area contributed by atoms with E-state index >= 15 is 0 Å². The largest absolute Gasteiger partial charge is 0.274 e. The van der Waals surface area contributed by atoms with Crippen LogP contribution >= 0.6 is 0 Å². The molecule has 0 bridgehead atoms. The first-order valence-corrected chi connectivity index (χ1v) is 10.3. The van der Waals surface area contributed by atoms with Crippen molar-refractivity contribution in [3.63, 3.8) is 0 Å². The van der Waals surface area contributed by atoms with Crippen molar-refractivity contribution in [3.8, 4) is 0 Å². The van der Waals surface area contributed by atoms with E-state index in [0.717, 1.165) is 22.1 Å². The van der Waals surface area contributed by atoms with Crippen LogP contribution in [0.5, 0.6) is 0 Å². The number of nitro groups is 2. The Morgan fingerprint density at radius 3 is 2.23 bits per heavy atom. The lowest BCUT2D eigenvalue weighted by atomic mass is 9.89. The van der Waals surface area contributed by atoms with Crippen LogP contribution in [0, 0.1) is 32.0 Å². The average Bonchev–Trinajstić information content (AvgIpc) is 3.36. The van der Waals surface area contributed by atoms with E-state index < -0.39 is 45.5 Å². The highest BCUT2D eigenvalue weighted by Crippen LogP contribution is 2.49. The SMILES string of the molecule is O=C1[C@@H]2[C@@H](ON(c3cccc([N+](=O)[O-])c3)[C@H]2c2ccccc2[N+](=O)[O-])C(=O)N1c1ccc(F)cc1. The van der Waals surface area contributed by atoms with Crippen LogP contribution in [0.15, 0.2) is 72.8 Å². The van der Waals surface area contributed by atoms with Crippen LogP contribution < -0.4 is 9.96 Å². The summed E-state index contributed by atoms with van der Waals surface area (Å²) in [5.74, 6) is -3.18. The normalized spacial score (nSPS) is 21.3. The maximum Gasteiger partial charge on any atom is 0.274 e. The minimum Gasteiger partial charge on any atom is -0.273 e. The average molecular weight is 478 g/mol. The van der Waals surface area contributed by atoms with E-state index in [2.05, 4.69) is 0 Å². The van der Waals surface area contributed by atoms with Crippen molar-refractivity contribution in [2.45, 2.75) is 12.1 Å². The second kappa shape index (κ2) is 8.25. The van der Waals surface area contributed by atoms with Crippen LogP contribution in [0.4, 0.5) is 27.1 Å². The molecular formula is C23H15FN4O7. The monoisotopic (exact) mass is 478 g/mol. The zero-order valence-corrected chi connectivity index (χ0v) is 17.7. The Balaban J connectivity index is 1.64. The van der Waals surface area contributed by atoms with Crippen molar-refractivity contribution in [2.75, 3.05) is 9.96 Å². The van der Waals surface area contributed by atoms with E-state index in [1.54, 1.807) is 6.07 Å². The lowest BCUT2D eigenvalue weighted by Crippen LogP contribution is -2.37. The fourth-order valence-corrected chi connectivity index (χ4v) is 4.45. The van der Waals surface area contributed by atoms with Crippen LogP contribution in [0.2, 0.25) is 0 Å². The van der Waals surface area contributed by atoms with Gasteiger partial charge in [-0.25, -0.2) is 14.4 Å². The molecule has 0 N–H and O–H groups in total. The quantitative estimate of drug-likeness (QED) is 0.308.